The van der Waals surface area contributed by atoms with Crippen molar-refractivity contribution >= 4 is 5.91 Å². The first-order valence-electron chi connectivity index (χ1n) is 9.46. The fraction of sp³-hybridized carbons (Fsp3) is 0.409. The molecule has 1 heterocycles. The van der Waals surface area contributed by atoms with Crippen molar-refractivity contribution in [1.82, 2.24) is 5.32 Å². The van der Waals surface area contributed by atoms with E-state index in [1.165, 1.54) is 12.8 Å². The lowest BCUT2D eigenvalue weighted by molar-refractivity contribution is -0.0697. The number of carbonyl (C=O) groups excluding carboxylic acids is 1. The summed E-state index contributed by atoms with van der Waals surface area (Å²) in [5.41, 5.74) is 2.70. The van der Waals surface area contributed by atoms with Crippen molar-refractivity contribution in [1.29, 1.82) is 0 Å². The fourth-order valence-electron chi connectivity index (χ4n) is 3.38. The minimum atomic E-state index is -0.0582. The zero-order valence-electron chi connectivity index (χ0n) is 14.9. The van der Waals surface area contributed by atoms with Gasteiger partial charge >= 0.3 is 0 Å². The largest absolute Gasteiger partial charge is 0.379 e. The number of rotatable bonds is 6. The molecule has 1 aliphatic heterocycles. The third kappa shape index (κ3) is 4.14. The van der Waals surface area contributed by atoms with Crippen LogP contribution in [-0.2, 0) is 9.47 Å². The van der Waals surface area contributed by atoms with E-state index in [0.717, 1.165) is 24.2 Å². The Morgan fingerprint density at radius 1 is 1.04 bits per heavy atom. The summed E-state index contributed by atoms with van der Waals surface area (Å²) < 4.78 is 11.6. The third-order valence-electron chi connectivity index (χ3n) is 5.12. The summed E-state index contributed by atoms with van der Waals surface area (Å²) in [6.45, 7) is 1.99. The smallest absolute Gasteiger partial charge is 0.252 e. The molecular formula is C22H25NO3. The van der Waals surface area contributed by atoms with Crippen molar-refractivity contribution in [2.24, 2.45) is 5.92 Å². The predicted molar refractivity (Wildman–Crippen MR) is 101 cm³/mol. The minimum absolute atomic E-state index is 0.00108. The normalized spacial score (nSPS) is 22.8. The predicted octanol–water partition coefficient (Wildman–Crippen LogP) is 3.67. The topological polar surface area (TPSA) is 47.6 Å². The zero-order chi connectivity index (χ0) is 17.8. The molecule has 0 unspecified atom stereocenters. The summed E-state index contributed by atoms with van der Waals surface area (Å²) in [4.78, 5) is 13.0. The number of amides is 1. The maximum atomic E-state index is 13.0. The Hall–Kier alpha value is -2.17. The van der Waals surface area contributed by atoms with Gasteiger partial charge in [0.15, 0.2) is 0 Å². The summed E-state index contributed by atoms with van der Waals surface area (Å²) in [6, 6.07) is 17.8. The number of ether oxygens (including phenoxy) is 2. The molecule has 2 aliphatic rings. The summed E-state index contributed by atoms with van der Waals surface area (Å²) in [6.07, 6.45) is 3.25. The van der Waals surface area contributed by atoms with Crippen LogP contribution in [0.4, 0.5) is 0 Å². The molecule has 1 saturated carbocycles. The lowest BCUT2D eigenvalue weighted by Crippen LogP contribution is -2.50. The summed E-state index contributed by atoms with van der Waals surface area (Å²) in [5.74, 6) is 0.656. The monoisotopic (exact) mass is 351 g/mol. The van der Waals surface area contributed by atoms with Gasteiger partial charge in [-0.05, 0) is 42.4 Å². The Morgan fingerprint density at radius 2 is 1.81 bits per heavy atom. The van der Waals surface area contributed by atoms with Gasteiger partial charge in [0.05, 0.1) is 12.6 Å². The highest BCUT2D eigenvalue weighted by atomic mass is 16.5. The second-order valence-corrected chi connectivity index (χ2v) is 7.17. The average Bonchev–Trinajstić information content (AvgIpc) is 3.52. The van der Waals surface area contributed by atoms with Crippen LogP contribution in [0.25, 0.3) is 11.1 Å². The van der Waals surface area contributed by atoms with Crippen molar-refractivity contribution in [2.45, 2.75) is 31.4 Å². The second-order valence-electron chi connectivity index (χ2n) is 7.17. The summed E-state index contributed by atoms with van der Waals surface area (Å²) in [7, 11) is 0. The van der Waals surface area contributed by atoms with Crippen LogP contribution < -0.4 is 5.32 Å². The standard InChI is InChI=1S/C22H25NO3/c24-22(19-9-5-4-8-18(19)17-6-2-1-3-7-17)23-20-12-13-25-15-21(20)26-14-16-10-11-16/h1-9,16,20-21H,10-15H2,(H,23,24)/t20-,21-/m1/s1. The van der Waals surface area contributed by atoms with Crippen molar-refractivity contribution in [3.8, 4) is 11.1 Å². The molecule has 1 aliphatic carbocycles. The first-order chi connectivity index (χ1) is 12.8. The van der Waals surface area contributed by atoms with Gasteiger partial charge in [-0.2, -0.15) is 0 Å². The lowest BCUT2D eigenvalue weighted by atomic mass is 9.98. The molecule has 2 atom stereocenters. The molecule has 0 aromatic heterocycles. The molecule has 4 rings (SSSR count). The van der Waals surface area contributed by atoms with Gasteiger partial charge in [0.2, 0.25) is 0 Å². The summed E-state index contributed by atoms with van der Waals surface area (Å²) >= 11 is 0. The van der Waals surface area contributed by atoms with E-state index in [1.54, 1.807) is 0 Å². The van der Waals surface area contributed by atoms with Crippen LogP contribution in [0.2, 0.25) is 0 Å². The van der Waals surface area contributed by atoms with E-state index in [4.69, 9.17) is 9.47 Å². The van der Waals surface area contributed by atoms with Crippen molar-refractivity contribution < 1.29 is 14.3 Å². The number of nitrogens with one attached hydrogen (secondary N) is 1. The SMILES string of the molecule is O=C(N[C@@H]1CCOC[C@H]1OCC1CC1)c1ccccc1-c1ccccc1. The van der Waals surface area contributed by atoms with E-state index >= 15 is 0 Å². The van der Waals surface area contributed by atoms with Gasteiger partial charge in [-0.25, -0.2) is 0 Å². The molecule has 4 heteroatoms. The second kappa shape index (κ2) is 8.02. The minimum Gasteiger partial charge on any atom is -0.379 e. The molecule has 1 saturated heterocycles. The fourth-order valence-corrected chi connectivity index (χ4v) is 3.38. The van der Waals surface area contributed by atoms with Crippen LogP contribution in [0, 0.1) is 5.92 Å². The van der Waals surface area contributed by atoms with E-state index in [-0.39, 0.29) is 18.1 Å². The maximum absolute atomic E-state index is 13.0. The number of hydrogen-bond acceptors (Lipinski definition) is 3. The van der Waals surface area contributed by atoms with E-state index in [2.05, 4.69) is 5.32 Å². The van der Waals surface area contributed by atoms with Crippen molar-refractivity contribution in [2.75, 3.05) is 19.8 Å². The molecule has 2 aromatic rings. The van der Waals surface area contributed by atoms with Gasteiger partial charge in [-0.15, -0.1) is 0 Å². The molecule has 136 valence electrons. The van der Waals surface area contributed by atoms with Crippen molar-refractivity contribution in [3.05, 3.63) is 60.2 Å². The highest BCUT2D eigenvalue weighted by Crippen LogP contribution is 2.30. The molecule has 0 radical (unpaired) electrons. The Bertz CT molecular complexity index is 742. The maximum Gasteiger partial charge on any atom is 0.252 e. The molecular weight excluding hydrogens is 326 g/mol. The van der Waals surface area contributed by atoms with Gasteiger partial charge in [0, 0.05) is 18.8 Å². The Morgan fingerprint density at radius 3 is 2.62 bits per heavy atom. The van der Waals surface area contributed by atoms with Crippen LogP contribution >= 0.6 is 0 Å². The third-order valence-corrected chi connectivity index (χ3v) is 5.12. The van der Waals surface area contributed by atoms with Gasteiger partial charge in [0.25, 0.3) is 5.91 Å². The average molecular weight is 351 g/mol. The van der Waals surface area contributed by atoms with E-state index < -0.39 is 0 Å². The van der Waals surface area contributed by atoms with Crippen LogP contribution in [-0.4, -0.2) is 37.9 Å². The van der Waals surface area contributed by atoms with Crippen LogP contribution in [0.15, 0.2) is 54.6 Å². The molecule has 0 spiro atoms. The van der Waals surface area contributed by atoms with E-state index in [1.807, 2.05) is 54.6 Å². The van der Waals surface area contributed by atoms with Crippen LogP contribution in [0.1, 0.15) is 29.6 Å². The Labute approximate surface area is 154 Å². The Kier molecular flexibility index (Phi) is 5.32. The molecule has 2 fully saturated rings. The number of carbonyl (C=O) groups is 1. The lowest BCUT2D eigenvalue weighted by Gasteiger charge is -2.32. The number of hydrogen-bond donors (Lipinski definition) is 1. The van der Waals surface area contributed by atoms with Gasteiger partial charge in [-0.1, -0.05) is 48.5 Å². The first kappa shape index (κ1) is 17.3. The quantitative estimate of drug-likeness (QED) is 0.864. The zero-order valence-corrected chi connectivity index (χ0v) is 14.9. The molecule has 4 nitrogen and oxygen atoms in total. The van der Waals surface area contributed by atoms with Crippen LogP contribution in [0.5, 0.6) is 0 Å². The first-order valence-corrected chi connectivity index (χ1v) is 9.46. The van der Waals surface area contributed by atoms with E-state index in [0.29, 0.717) is 24.7 Å². The van der Waals surface area contributed by atoms with Crippen molar-refractivity contribution in [3.63, 3.8) is 0 Å². The molecule has 0 bridgehead atoms. The highest BCUT2D eigenvalue weighted by Gasteiger charge is 2.31. The summed E-state index contributed by atoms with van der Waals surface area (Å²) in [5, 5.41) is 3.20. The van der Waals surface area contributed by atoms with E-state index in [9.17, 15) is 4.79 Å². The molecule has 2 aromatic carbocycles. The molecule has 26 heavy (non-hydrogen) atoms. The van der Waals surface area contributed by atoms with Crippen LogP contribution in [0.3, 0.4) is 0 Å². The van der Waals surface area contributed by atoms with Gasteiger partial charge in [0.1, 0.15) is 6.10 Å². The van der Waals surface area contributed by atoms with Gasteiger partial charge in [-0.3, -0.25) is 4.79 Å². The van der Waals surface area contributed by atoms with Gasteiger partial charge < -0.3 is 14.8 Å². The molecule has 1 N–H and O–H groups in total. The highest BCUT2D eigenvalue weighted by molar-refractivity contribution is 6.01. The molecule has 1 amide bonds. The Balaban J connectivity index is 1.48. The number of benzene rings is 2.